The third kappa shape index (κ3) is 3.80. The van der Waals surface area contributed by atoms with E-state index in [0.717, 1.165) is 23.8 Å². The summed E-state index contributed by atoms with van der Waals surface area (Å²) in [5.74, 6) is 0.388. The molecule has 0 amide bonds. The number of imidazole rings is 1. The standard InChI is InChI=1S/C23H21ClN2O2S/c1-3-13-26-22-15-20(24)19(14-21(22)25-23(26)29(2,27)28)18-11-9-17(10-12-18)16-7-5-4-6-8-16/h3-7,9-12,14-16H,1,8,13H2,2H3. The van der Waals surface area contributed by atoms with E-state index in [-0.39, 0.29) is 5.16 Å². The van der Waals surface area contributed by atoms with Crippen LogP contribution < -0.4 is 0 Å². The van der Waals surface area contributed by atoms with Gasteiger partial charge in [0.15, 0.2) is 0 Å². The molecule has 0 saturated heterocycles. The molecule has 4 rings (SSSR count). The van der Waals surface area contributed by atoms with E-state index in [0.29, 0.717) is 28.5 Å². The topological polar surface area (TPSA) is 52.0 Å². The molecule has 29 heavy (non-hydrogen) atoms. The molecule has 0 spiro atoms. The Bertz CT molecular complexity index is 1250. The minimum atomic E-state index is -3.48. The van der Waals surface area contributed by atoms with Crippen molar-refractivity contribution in [2.24, 2.45) is 0 Å². The van der Waals surface area contributed by atoms with Crippen LogP contribution in [0.5, 0.6) is 0 Å². The number of halogens is 1. The van der Waals surface area contributed by atoms with Gasteiger partial charge in [-0.15, -0.1) is 6.58 Å². The average Bonchev–Trinajstić information content (AvgIpc) is 3.06. The fourth-order valence-electron chi connectivity index (χ4n) is 3.67. The van der Waals surface area contributed by atoms with Crippen LogP contribution in [0.4, 0.5) is 0 Å². The first-order chi connectivity index (χ1) is 13.9. The predicted molar refractivity (Wildman–Crippen MR) is 119 cm³/mol. The molecule has 0 aliphatic heterocycles. The second kappa shape index (κ2) is 7.65. The van der Waals surface area contributed by atoms with Crippen LogP contribution in [0.2, 0.25) is 5.02 Å². The predicted octanol–water partition coefficient (Wildman–Crippen LogP) is 5.55. The lowest BCUT2D eigenvalue weighted by Crippen LogP contribution is -2.08. The van der Waals surface area contributed by atoms with Crippen molar-refractivity contribution in [1.82, 2.24) is 9.55 Å². The van der Waals surface area contributed by atoms with Crippen LogP contribution in [0.25, 0.3) is 22.2 Å². The summed E-state index contributed by atoms with van der Waals surface area (Å²) < 4.78 is 26.0. The minimum absolute atomic E-state index is 0.0214. The molecule has 1 heterocycles. The van der Waals surface area contributed by atoms with Gasteiger partial charge in [-0.2, -0.15) is 0 Å². The molecule has 1 aromatic heterocycles. The zero-order chi connectivity index (χ0) is 20.6. The second-order valence-corrected chi connectivity index (χ2v) is 9.48. The molecule has 3 aromatic rings. The Morgan fingerprint density at radius 1 is 1.24 bits per heavy atom. The Hall–Kier alpha value is -2.63. The van der Waals surface area contributed by atoms with Crippen molar-refractivity contribution in [3.05, 3.63) is 83.9 Å². The highest BCUT2D eigenvalue weighted by Crippen LogP contribution is 2.34. The van der Waals surface area contributed by atoms with Crippen LogP contribution in [0.1, 0.15) is 17.9 Å². The van der Waals surface area contributed by atoms with Gasteiger partial charge in [0.25, 0.3) is 0 Å². The number of nitrogens with zero attached hydrogens (tertiary/aromatic N) is 2. The zero-order valence-corrected chi connectivity index (χ0v) is 17.6. The zero-order valence-electron chi connectivity index (χ0n) is 16.0. The molecule has 1 unspecified atom stereocenters. The van der Waals surface area contributed by atoms with Crippen LogP contribution in [0.15, 0.2) is 78.5 Å². The number of hydrogen-bond donors (Lipinski definition) is 0. The number of sulfone groups is 1. The van der Waals surface area contributed by atoms with Crippen LogP contribution in [-0.2, 0) is 16.4 Å². The molecule has 148 valence electrons. The first-order valence-electron chi connectivity index (χ1n) is 9.33. The maximum absolute atomic E-state index is 12.2. The van der Waals surface area contributed by atoms with Gasteiger partial charge in [0.1, 0.15) is 0 Å². The monoisotopic (exact) mass is 424 g/mol. The summed E-state index contributed by atoms with van der Waals surface area (Å²) in [5, 5.41) is 0.573. The summed E-state index contributed by atoms with van der Waals surface area (Å²) >= 11 is 6.59. The lowest BCUT2D eigenvalue weighted by Gasteiger charge is -2.14. The fraction of sp³-hybridized carbons (Fsp3) is 0.174. The number of rotatable bonds is 5. The van der Waals surface area contributed by atoms with Crippen molar-refractivity contribution < 1.29 is 8.42 Å². The summed E-state index contributed by atoms with van der Waals surface area (Å²) in [6.07, 6.45) is 12.3. The number of hydrogen-bond acceptors (Lipinski definition) is 3. The van der Waals surface area contributed by atoms with E-state index >= 15 is 0 Å². The van der Waals surface area contributed by atoms with Crippen LogP contribution in [0, 0.1) is 0 Å². The van der Waals surface area contributed by atoms with Crippen molar-refractivity contribution in [3.63, 3.8) is 0 Å². The molecule has 2 aromatic carbocycles. The molecule has 0 fully saturated rings. The second-order valence-electron chi connectivity index (χ2n) is 7.16. The third-order valence-electron chi connectivity index (χ3n) is 5.08. The summed E-state index contributed by atoms with van der Waals surface area (Å²) in [5.41, 5.74) is 4.32. The van der Waals surface area contributed by atoms with E-state index in [4.69, 9.17) is 11.6 Å². The molecule has 6 heteroatoms. The lowest BCUT2D eigenvalue weighted by atomic mass is 9.91. The largest absolute Gasteiger partial charge is 0.311 e. The van der Waals surface area contributed by atoms with Crippen molar-refractivity contribution in [2.75, 3.05) is 6.26 Å². The number of benzene rings is 2. The van der Waals surface area contributed by atoms with Gasteiger partial charge in [-0.1, -0.05) is 66.2 Å². The van der Waals surface area contributed by atoms with Gasteiger partial charge in [0.05, 0.1) is 16.1 Å². The van der Waals surface area contributed by atoms with Crippen molar-refractivity contribution in [1.29, 1.82) is 0 Å². The van der Waals surface area contributed by atoms with Gasteiger partial charge in [-0.05, 0) is 29.7 Å². The maximum Gasteiger partial charge on any atom is 0.228 e. The van der Waals surface area contributed by atoms with Gasteiger partial charge in [-0.25, -0.2) is 13.4 Å². The Morgan fingerprint density at radius 3 is 2.62 bits per heavy atom. The SMILES string of the molecule is C=CCn1c(S(C)(=O)=O)nc2cc(-c3ccc(C4C=CC=CC4)cc3)c(Cl)cc21. The van der Waals surface area contributed by atoms with Crippen molar-refractivity contribution in [2.45, 2.75) is 24.0 Å². The normalized spacial score (nSPS) is 16.4. The molecule has 0 saturated carbocycles. The van der Waals surface area contributed by atoms with E-state index in [2.05, 4.69) is 48.0 Å². The highest BCUT2D eigenvalue weighted by Gasteiger charge is 2.20. The quantitative estimate of drug-likeness (QED) is 0.505. The molecule has 0 N–H and O–H groups in total. The van der Waals surface area contributed by atoms with Crippen LogP contribution in [0.3, 0.4) is 0 Å². The van der Waals surface area contributed by atoms with Gasteiger partial charge in [-0.3, -0.25) is 0 Å². The molecular formula is C23H21ClN2O2S. The molecular weight excluding hydrogens is 404 g/mol. The number of fused-ring (bicyclic) bond motifs is 1. The Labute approximate surface area is 175 Å². The van der Waals surface area contributed by atoms with E-state index in [9.17, 15) is 8.42 Å². The first-order valence-corrected chi connectivity index (χ1v) is 11.6. The molecule has 0 bridgehead atoms. The van der Waals surface area contributed by atoms with Crippen molar-refractivity contribution in [3.8, 4) is 11.1 Å². The molecule has 1 atom stereocenters. The summed E-state index contributed by atoms with van der Waals surface area (Å²) in [4.78, 5) is 4.37. The van der Waals surface area contributed by atoms with E-state index in [1.807, 2.05) is 18.2 Å². The Kier molecular flexibility index (Phi) is 5.19. The Balaban J connectivity index is 1.78. The first kappa shape index (κ1) is 19.7. The summed E-state index contributed by atoms with van der Waals surface area (Å²) in [6, 6.07) is 12.0. The lowest BCUT2D eigenvalue weighted by molar-refractivity contribution is 0.582. The Morgan fingerprint density at radius 2 is 2.00 bits per heavy atom. The van der Waals surface area contributed by atoms with Gasteiger partial charge >= 0.3 is 0 Å². The maximum atomic E-state index is 12.2. The molecule has 1 aliphatic rings. The van der Waals surface area contributed by atoms with E-state index in [1.54, 1.807) is 16.7 Å². The highest BCUT2D eigenvalue weighted by molar-refractivity contribution is 7.90. The van der Waals surface area contributed by atoms with Crippen LogP contribution >= 0.6 is 11.6 Å². The van der Waals surface area contributed by atoms with E-state index in [1.165, 1.54) is 5.56 Å². The van der Waals surface area contributed by atoms with E-state index < -0.39 is 9.84 Å². The molecule has 1 aliphatic carbocycles. The fourth-order valence-corrected chi connectivity index (χ4v) is 4.78. The minimum Gasteiger partial charge on any atom is -0.311 e. The van der Waals surface area contributed by atoms with Gasteiger partial charge < -0.3 is 4.57 Å². The average molecular weight is 425 g/mol. The summed E-state index contributed by atoms with van der Waals surface area (Å²) in [6.45, 7) is 4.05. The molecule has 4 nitrogen and oxygen atoms in total. The summed E-state index contributed by atoms with van der Waals surface area (Å²) in [7, 11) is -3.48. The smallest absolute Gasteiger partial charge is 0.228 e. The van der Waals surface area contributed by atoms with Crippen molar-refractivity contribution >= 4 is 32.5 Å². The highest BCUT2D eigenvalue weighted by atomic mass is 35.5. The number of aromatic nitrogens is 2. The third-order valence-corrected chi connectivity index (χ3v) is 6.36. The van der Waals surface area contributed by atoms with Crippen LogP contribution in [-0.4, -0.2) is 24.2 Å². The van der Waals surface area contributed by atoms with Gasteiger partial charge in [0.2, 0.25) is 15.0 Å². The number of allylic oxidation sites excluding steroid dienone is 5. The van der Waals surface area contributed by atoms with Gasteiger partial charge in [0, 0.05) is 24.3 Å². The molecule has 0 radical (unpaired) electrons.